The number of carbonyl (C=O) groups is 3. The molecule has 1 N–H and O–H groups in total. The number of nitrogens with one attached hydrogen (secondary N) is 1. The standard InChI is InChI=1S/C25H26FN3O5/c26-23-16(13-28-9-11-33-12-10-28)3-1-4-17(23)15-34-21-6-2-5-18-19(21)14-29(25(18)32)20-7-8-22(30)27-24(20)31/h1-6,20H,7-15H2,(H,27,30,31)/i1D,3D,4D,7D2,8D2,20D. The number of fused-ring (bicyclic) bond motifs is 1. The van der Waals surface area contributed by atoms with E-state index in [4.69, 9.17) is 20.4 Å². The van der Waals surface area contributed by atoms with Gasteiger partial charge in [0.05, 0.1) is 25.2 Å². The number of rotatable bonds is 6. The zero-order chi connectivity index (χ0) is 30.8. The molecule has 8 nitrogen and oxygen atoms in total. The molecular weight excluding hydrogens is 441 g/mol. The summed E-state index contributed by atoms with van der Waals surface area (Å²) in [5.41, 5.74) is -0.340. The van der Waals surface area contributed by atoms with Crippen molar-refractivity contribution in [2.24, 2.45) is 0 Å². The highest BCUT2D eigenvalue weighted by Gasteiger charge is 2.40. The Hall–Kier alpha value is -3.30. The van der Waals surface area contributed by atoms with E-state index in [1.807, 2.05) is 4.90 Å². The molecule has 178 valence electrons. The van der Waals surface area contributed by atoms with Gasteiger partial charge in [0.2, 0.25) is 11.8 Å². The van der Waals surface area contributed by atoms with E-state index < -0.39 is 73.6 Å². The molecule has 0 saturated carbocycles. The summed E-state index contributed by atoms with van der Waals surface area (Å²) in [6.07, 6.45) is -6.77. The lowest BCUT2D eigenvalue weighted by molar-refractivity contribution is -0.136. The van der Waals surface area contributed by atoms with Crippen molar-refractivity contribution in [1.82, 2.24) is 15.1 Å². The number of carbonyl (C=O) groups excluding carboxylic acids is 3. The van der Waals surface area contributed by atoms with Gasteiger partial charge in [-0.15, -0.1) is 0 Å². The quantitative estimate of drug-likeness (QED) is 0.643. The molecule has 9 heteroatoms. The maximum atomic E-state index is 15.7. The molecule has 2 aromatic carbocycles. The van der Waals surface area contributed by atoms with Crippen molar-refractivity contribution in [2.45, 2.75) is 38.5 Å². The Kier molecular flexibility index (Phi) is 4.16. The number of halogens is 1. The van der Waals surface area contributed by atoms with Gasteiger partial charge in [-0.2, -0.15) is 0 Å². The molecule has 0 radical (unpaired) electrons. The molecule has 3 aliphatic rings. The lowest BCUT2D eigenvalue weighted by atomic mass is 10.0. The first-order valence-electron chi connectivity index (χ1n) is 14.6. The topological polar surface area (TPSA) is 88.2 Å². The van der Waals surface area contributed by atoms with Crippen LogP contribution < -0.4 is 10.1 Å². The van der Waals surface area contributed by atoms with Crippen LogP contribution in [-0.4, -0.2) is 59.8 Å². The number of benzene rings is 2. The van der Waals surface area contributed by atoms with Crippen LogP contribution in [-0.2, 0) is 34.0 Å². The summed E-state index contributed by atoms with van der Waals surface area (Å²) in [5, 5.41) is 1.65. The van der Waals surface area contributed by atoms with Gasteiger partial charge in [0, 0.05) is 53.7 Å². The molecule has 0 bridgehead atoms. The highest BCUT2D eigenvalue weighted by atomic mass is 19.1. The van der Waals surface area contributed by atoms with Gasteiger partial charge in [0.15, 0.2) is 0 Å². The fourth-order valence-corrected chi connectivity index (χ4v) is 3.99. The number of hydrogen-bond donors (Lipinski definition) is 1. The monoisotopic (exact) mass is 475 g/mol. The van der Waals surface area contributed by atoms with E-state index in [9.17, 15) is 14.4 Å². The predicted molar refractivity (Wildman–Crippen MR) is 119 cm³/mol. The summed E-state index contributed by atoms with van der Waals surface area (Å²) in [4.78, 5) is 40.5. The first kappa shape index (κ1) is 14.9. The van der Waals surface area contributed by atoms with Gasteiger partial charge in [-0.05, 0) is 18.5 Å². The smallest absolute Gasteiger partial charge is 0.255 e. The van der Waals surface area contributed by atoms with Crippen LogP contribution in [0.15, 0.2) is 36.3 Å². The second-order valence-corrected chi connectivity index (χ2v) is 7.88. The zero-order valence-corrected chi connectivity index (χ0v) is 18.0. The Balaban J connectivity index is 1.45. The van der Waals surface area contributed by atoms with Crippen LogP contribution >= 0.6 is 0 Å². The van der Waals surface area contributed by atoms with Gasteiger partial charge in [0.25, 0.3) is 5.91 Å². The van der Waals surface area contributed by atoms with Crippen LogP contribution in [0.25, 0.3) is 0 Å². The summed E-state index contributed by atoms with van der Waals surface area (Å²) in [5.74, 6) is -4.95. The van der Waals surface area contributed by atoms with Crippen LogP contribution in [0, 0.1) is 5.82 Å². The molecule has 2 fully saturated rings. The molecule has 5 rings (SSSR count). The van der Waals surface area contributed by atoms with E-state index in [1.54, 1.807) is 5.32 Å². The minimum atomic E-state index is -3.44. The molecule has 3 aliphatic heterocycles. The maximum Gasteiger partial charge on any atom is 0.255 e. The highest BCUT2D eigenvalue weighted by Crippen LogP contribution is 2.34. The molecule has 2 saturated heterocycles. The molecular formula is C25H26FN3O5. The second kappa shape index (κ2) is 9.52. The number of morpholine rings is 1. The largest absolute Gasteiger partial charge is 0.488 e. The average molecular weight is 476 g/mol. The van der Waals surface area contributed by atoms with E-state index in [-0.39, 0.29) is 34.5 Å². The van der Waals surface area contributed by atoms with E-state index in [1.165, 1.54) is 18.2 Å². The fraction of sp³-hybridized carbons (Fsp3) is 0.400. The van der Waals surface area contributed by atoms with Crippen molar-refractivity contribution in [3.63, 3.8) is 0 Å². The third-order valence-electron chi connectivity index (χ3n) is 5.75. The van der Waals surface area contributed by atoms with Crippen molar-refractivity contribution in [3.05, 3.63) is 64.4 Å². The highest BCUT2D eigenvalue weighted by molar-refractivity contribution is 6.05. The molecule has 0 aromatic heterocycles. The van der Waals surface area contributed by atoms with Gasteiger partial charge in [0.1, 0.15) is 24.2 Å². The Morgan fingerprint density at radius 1 is 1.24 bits per heavy atom. The number of hydrogen-bond acceptors (Lipinski definition) is 6. The van der Waals surface area contributed by atoms with Crippen LogP contribution in [0.5, 0.6) is 5.75 Å². The first-order valence-corrected chi connectivity index (χ1v) is 10.6. The minimum Gasteiger partial charge on any atom is -0.488 e. The number of ether oxygens (including phenoxy) is 2. The van der Waals surface area contributed by atoms with Crippen LogP contribution in [0.4, 0.5) is 4.39 Å². The van der Waals surface area contributed by atoms with Crippen molar-refractivity contribution >= 4 is 17.7 Å². The third kappa shape index (κ3) is 4.41. The summed E-state index contributed by atoms with van der Waals surface area (Å²) in [6, 6.07) is -0.472. The maximum absolute atomic E-state index is 15.7. The summed E-state index contributed by atoms with van der Waals surface area (Å²) in [7, 11) is 0. The van der Waals surface area contributed by atoms with Gasteiger partial charge in [-0.3, -0.25) is 24.6 Å². The summed E-state index contributed by atoms with van der Waals surface area (Å²) in [6.45, 7) is 0.778. The second-order valence-electron chi connectivity index (χ2n) is 7.88. The Morgan fingerprint density at radius 2 is 2.03 bits per heavy atom. The van der Waals surface area contributed by atoms with Crippen LogP contribution in [0.2, 0.25) is 0 Å². The Morgan fingerprint density at radius 3 is 2.85 bits per heavy atom. The Labute approximate surface area is 207 Å². The minimum absolute atomic E-state index is 0.0159. The molecule has 3 amide bonds. The molecule has 1 unspecified atom stereocenters. The van der Waals surface area contributed by atoms with Gasteiger partial charge in [-0.1, -0.05) is 24.2 Å². The Bertz CT molecular complexity index is 1500. The van der Waals surface area contributed by atoms with E-state index in [2.05, 4.69) is 0 Å². The van der Waals surface area contributed by atoms with Crippen LogP contribution in [0.3, 0.4) is 0 Å². The number of imide groups is 1. The average Bonchev–Trinajstić information content (AvgIpc) is 3.30. The number of piperidine rings is 1. The van der Waals surface area contributed by atoms with Crippen molar-refractivity contribution in [2.75, 3.05) is 26.3 Å². The molecule has 0 aliphatic carbocycles. The summed E-state index contributed by atoms with van der Waals surface area (Å²) >= 11 is 0. The van der Waals surface area contributed by atoms with Crippen molar-refractivity contribution < 1.29 is 39.2 Å². The van der Waals surface area contributed by atoms with Gasteiger partial charge >= 0.3 is 0 Å². The van der Waals surface area contributed by atoms with Crippen molar-refractivity contribution in [3.8, 4) is 5.75 Å². The van der Waals surface area contributed by atoms with E-state index >= 15 is 4.39 Å². The SMILES string of the molecule is [2H]c1c([2H])c(COc2cccc3c2CN(C2([2H])C(=O)NC(=O)C([2H])([2H])C2([2H])[2H])C3=O)c(F)c(CN2CCOCC2)c1[2H]. The van der Waals surface area contributed by atoms with Crippen LogP contribution in [0.1, 0.15) is 50.8 Å². The normalized spacial score (nSPS) is 29.4. The molecule has 1 atom stereocenters. The van der Waals surface area contributed by atoms with Crippen molar-refractivity contribution in [1.29, 1.82) is 0 Å². The fourth-order valence-electron chi connectivity index (χ4n) is 3.99. The molecule has 2 aromatic rings. The third-order valence-corrected chi connectivity index (χ3v) is 5.75. The van der Waals surface area contributed by atoms with E-state index in [0.29, 0.717) is 31.2 Å². The molecule has 3 heterocycles. The van der Waals surface area contributed by atoms with Gasteiger partial charge in [-0.25, -0.2) is 4.39 Å². The summed E-state index contributed by atoms with van der Waals surface area (Å²) < 4.78 is 92.4. The molecule has 0 spiro atoms. The van der Waals surface area contributed by atoms with E-state index in [0.717, 1.165) is 0 Å². The predicted octanol–water partition coefficient (Wildman–Crippen LogP) is 2.00. The number of nitrogens with zero attached hydrogens (tertiary/aromatic N) is 2. The van der Waals surface area contributed by atoms with Gasteiger partial charge < -0.3 is 14.4 Å². The zero-order valence-electron chi connectivity index (χ0n) is 26.0. The number of amides is 3. The first-order chi connectivity index (χ1) is 19.6. The lowest BCUT2D eigenvalue weighted by Gasteiger charge is -2.29. The lowest BCUT2D eigenvalue weighted by Crippen LogP contribution is -2.52. The molecule has 34 heavy (non-hydrogen) atoms.